The van der Waals surface area contributed by atoms with Gasteiger partial charge < -0.3 is 9.84 Å². The maximum absolute atomic E-state index is 12.7. The summed E-state index contributed by atoms with van der Waals surface area (Å²) in [5, 5.41) is 11.5. The number of hydrogen-bond acceptors (Lipinski definition) is 3. The van der Waals surface area contributed by atoms with Gasteiger partial charge >= 0.3 is 0 Å². The molecule has 3 nitrogen and oxygen atoms in total. The molecule has 27 heavy (non-hydrogen) atoms. The largest absolute Gasteiger partial charge is 0.508 e. The summed E-state index contributed by atoms with van der Waals surface area (Å²) in [5.41, 5.74) is -11.1. The summed E-state index contributed by atoms with van der Waals surface area (Å²) in [4.78, 5) is 12.7. The van der Waals surface area contributed by atoms with E-state index in [0.717, 1.165) is 0 Å². The van der Waals surface area contributed by atoms with E-state index in [2.05, 4.69) is 0 Å². The number of ketones is 1. The predicted molar refractivity (Wildman–Crippen MR) is 110 cm³/mol. The number of benzene rings is 1. The first-order chi connectivity index (χ1) is 23.4. The molecule has 150 valence electrons. The van der Waals surface area contributed by atoms with E-state index in [0.29, 0.717) is 0 Å². The average molecular weight is 400 g/mol. The Hall–Kier alpha value is -1.51. The number of carbonyl (C=O) groups is 1. The molecule has 0 radical (unpaired) electrons. The first-order valence-corrected chi connectivity index (χ1v) is 8.02. The Morgan fingerprint density at radius 3 is 2.96 bits per heavy atom. The number of hydrogen-bond donors (Lipinski definition) is 1. The fraction of sp³-hybridized carbons (Fsp3) is 0.708. The third-order valence-electron chi connectivity index (χ3n) is 4.62. The van der Waals surface area contributed by atoms with Crippen molar-refractivity contribution in [3.8, 4) is 11.5 Å². The summed E-state index contributed by atoms with van der Waals surface area (Å²) in [5.74, 6) is -7.06. The van der Waals surface area contributed by atoms with Crippen LogP contribution in [0.1, 0.15) is 139 Å². The smallest absolute Gasteiger partial charge is 0.133 e. The van der Waals surface area contributed by atoms with Crippen LogP contribution >= 0.6 is 0 Å². The minimum Gasteiger partial charge on any atom is -0.508 e. The van der Waals surface area contributed by atoms with Crippen molar-refractivity contribution in [1.29, 1.82) is 0 Å². The summed E-state index contributed by atoms with van der Waals surface area (Å²) in [6.45, 7) is -20.8. The summed E-state index contributed by atoms with van der Waals surface area (Å²) >= 11 is 0. The van der Waals surface area contributed by atoms with Crippen LogP contribution < -0.4 is 4.74 Å². The monoisotopic (exact) mass is 399 g/mol. The van der Waals surface area contributed by atoms with Crippen molar-refractivity contribution in [3.05, 3.63) is 23.2 Å². The Bertz CT molecular complexity index is 1630. The summed E-state index contributed by atoms with van der Waals surface area (Å²) in [6.07, 6.45) is -25.6. The molecule has 1 aromatic carbocycles. The molecule has 0 aromatic heterocycles. The molecule has 0 amide bonds. The zero-order chi connectivity index (χ0) is 43.0. The molecule has 1 aromatic rings. The molecule has 1 saturated carbocycles. The van der Waals surface area contributed by atoms with Gasteiger partial charge in [0.05, 0.1) is 2.74 Å². The van der Waals surface area contributed by atoms with Gasteiger partial charge in [-0.1, -0.05) is 46.0 Å². The van der Waals surface area contributed by atoms with Crippen molar-refractivity contribution in [1.82, 2.24) is 0 Å². The first-order valence-electron chi connectivity index (χ1n) is 21.5. The van der Waals surface area contributed by atoms with E-state index in [9.17, 15) is 9.90 Å². The number of phenolic OH excluding ortho intramolecular Hbond substituents is 1. The van der Waals surface area contributed by atoms with Gasteiger partial charge in [0, 0.05) is 64.5 Å². The number of carbonyl (C=O) groups excluding carboxylic acids is 1. The van der Waals surface area contributed by atoms with Crippen molar-refractivity contribution in [3.63, 3.8) is 0 Å². The molecule has 0 unspecified atom stereocenters. The van der Waals surface area contributed by atoms with E-state index in [1.165, 1.54) is 0 Å². The quantitative estimate of drug-likeness (QED) is 0.613. The highest BCUT2D eigenvalue weighted by Crippen LogP contribution is 2.54. The zero-order valence-electron chi connectivity index (χ0n) is 41.0. The lowest BCUT2D eigenvalue weighted by molar-refractivity contribution is -0.124. The lowest BCUT2D eigenvalue weighted by Gasteiger charge is -2.47. The van der Waals surface area contributed by atoms with Crippen molar-refractivity contribution >= 4 is 5.78 Å². The molecule has 2 aliphatic rings. The molecule has 3 rings (SSSR count). The van der Waals surface area contributed by atoms with Gasteiger partial charge in [-0.15, -0.1) is 0 Å². The Morgan fingerprint density at radius 2 is 2.22 bits per heavy atom. The second kappa shape index (κ2) is 7.48. The maximum Gasteiger partial charge on any atom is 0.133 e. The Balaban J connectivity index is 2.70. The number of ether oxygens (including phenoxy) is 1. The second-order valence-electron chi connectivity index (χ2n) is 6.42. The third-order valence-corrected chi connectivity index (χ3v) is 4.62. The van der Waals surface area contributed by atoms with Crippen molar-refractivity contribution in [2.75, 3.05) is 0 Å². The summed E-state index contributed by atoms with van der Waals surface area (Å²) < 4.78 is 229. The first kappa shape index (κ1) is 5.15. The van der Waals surface area contributed by atoms with Gasteiger partial charge in [0.15, 0.2) is 0 Å². The highest BCUT2D eigenvalue weighted by molar-refractivity contribution is 5.81. The van der Waals surface area contributed by atoms with Crippen LogP contribution in [0.4, 0.5) is 0 Å². The highest BCUT2D eigenvalue weighted by Gasteiger charge is 2.47. The molecule has 0 saturated heterocycles. The molecule has 2 atom stereocenters. The van der Waals surface area contributed by atoms with Crippen LogP contribution in [-0.4, -0.2) is 16.5 Å². The fourth-order valence-corrected chi connectivity index (χ4v) is 3.40. The topological polar surface area (TPSA) is 46.5 Å². The van der Waals surface area contributed by atoms with Crippen molar-refractivity contribution in [2.24, 2.45) is 5.92 Å². The SMILES string of the molecule is [2H]c1c(O)c2c(c([2H])c1C(C([2H])([2H])[2H])(C([2H])([2H])[2H])C([2H])([2H])C([2H])([2H])C([2H])([2H])C([2H])([2H])C([2H])([2H])C([2H])([2H])[2H])OC(C([2H])([2H])[2H])(C([2H])([2H])[2H])[C@@H]1CCC(=O)C[C@@H]21. The minimum atomic E-state index is -5.06. The second-order valence-corrected chi connectivity index (χ2v) is 6.42. The maximum atomic E-state index is 12.7. The molecule has 1 N–H and O–H groups in total. The average Bonchev–Trinajstić information content (AvgIpc) is 2.93. The van der Waals surface area contributed by atoms with E-state index in [-0.39, 0.29) is 6.42 Å². The molecular formula is C24H36O3. The molecular weight excluding hydrogens is 336 g/mol. The molecule has 1 heterocycles. The predicted octanol–water partition coefficient (Wildman–Crippen LogP) is 6.26. The van der Waals surface area contributed by atoms with Crippen LogP contribution in [0.25, 0.3) is 0 Å². The molecule has 1 aliphatic carbocycles. The normalized spacial score (nSPS) is 43.9. The van der Waals surface area contributed by atoms with E-state index in [1.807, 2.05) is 0 Å². The number of aromatic hydroxyl groups is 1. The van der Waals surface area contributed by atoms with Gasteiger partial charge in [0.2, 0.25) is 0 Å². The van der Waals surface area contributed by atoms with Crippen LogP contribution in [0, 0.1) is 5.92 Å². The van der Waals surface area contributed by atoms with Crippen LogP contribution in [0.2, 0.25) is 0 Å². The lowest BCUT2D eigenvalue weighted by Crippen LogP contribution is -2.47. The van der Waals surface area contributed by atoms with E-state index in [1.54, 1.807) is 0 Å². The van der Waals surface area contributed by atoms with Gasteiger partial charge in [-0.3, -0.25) is 4.79 Å². The highest BCUT2D eigenvalue weighted by atomic mass is 16.5. The fourth-order valence-electron chi connectivity index (χ4n) is 3.40. The van der Waals surface area contributed by atoms with Crippen LogP contribution in [0.15, 0.2) is 12.1 Å². The molecule has 1 fully saturated rings. The summed E-state index contributed by atoms with van der Waals surface area (Å²) in [7, 11) is 0. The van der Waals surface area contributed by atoms with E-state index < -0.39 is 142 Å². The number of rotatable bonds is 6. The standard InChI is InChI=1S/C24H36O3/c1-6-7-8-9-12-23(2,3)16-13-20(26)22-18-15-17(25)10-11-19(18)24(4,5)27-21(22)14-16/h13-14,18-19,26H,6-12,15H2,1-5H3/t18-,19-/m1/s1/i1D3,2D3,3D3,4D3,5D3,6D2,7D2,8D2,9D2,12D2,13D,14D. The number of Topliss-reactive ketones (excluding diaryl/α,β-unsaturated/α-hetero) is 1. The summed E-state index contributed by atoms with van der Waals surface area (Å²) in [6, 6.07) is -3.59. The number of phenols is 1. The Kier molecular flexibility index (Phi) is 1.43. The van der Waals surface area contributed by atoms with Gasteiger partial charge in [0.1, 0.15) is 22.9 Å². The zero-order valence-corrected chi connectivity index (χ0v) is 14.0. The van der Waals surface area contributed by atoms with E-state index >= 15 is 0 Å². The molecule has 3 heteroatoms. The van der Waals surface area contributed by atoms with E-state index in [4.69, 9.17) is 41.7 Å². The van der Waals surface area contributed by atoms with Gasteiger partial charge in [-0.2, -0.15) is 0 Å². The van der Waals surface area contributed by atoms with Gasteiger partial charge in [0.25, 0.3) is 0 Å². The van der Waals surface area contributed by atoms with Gasteiger partial charge in [-0.25, -0.2) is 0 Å². The molecule has 0 bridgehead atoms. The van der Waals surface area contributed by atoms with Gasteiger partial charge in [-0.05, 0) is 49.6 Å². The minimum absolute atomic E-state index is 0.389. The lowest BCUT2D eigenvalue weighted by atomic mass is 9.66. The van der Waals surface area contributed by atoms with Crippen LogP contribution in [0.3, 0.4) is 0 Å². The number of fused-ring (bicyclic) bond motifs is 3. The van der Waals surface area contributed by atoms with Crippen molar-refractivity contribution in [2.45, 2.75) is 102 Å². The Labute approximate surface area is 202 Å². The molecule has 0 spiro atoms. The third kappa shape index (κ3) is 4.02. The van der Waals surface area contributed by atoms with Crippen LogP contribution in [0.5, 0.6) is 11.5 Å². The molecule has 1 aliphatic heterocycles. The Morgan fingerprint density at radius 1 is 1.37 bits per heavy atom. The van der Waals surface area contributed by atoms with Crippen LogP contribution in [-0.2, 0) is 10.2 Å². The van der Waals surface area contributed by atoms with Crippen molar-refractivity contribution < 1.29 is 51.6 Å².